The molecule has 1 heterocycles. The Morgan fingerprint density at radius 3 is 2.69 bits per heavy atom. The van der Waals surface area contributed by atoms with Gasteiger partial charge >= 0.3 is 0 Å². The van der Waals surface area contributed by atoms with Gasteiger partial charge in [-0.3, -0.25) is 9.63 Å². The Bertz CT molecular complexity index is 382. The van der Waals surface area contributed by atoms with Gasteiger partial charge in [0.15, 0.2) is 0 Å². The Kier molecular flexibility index (Phi) is 3.30. The second-order valence-corrected chi connectivity index (χ2v) is 5.44. The van der Waals surface area contributed by atoms with Crippen LogP contribution in [0.3, 0.4) is 0 Å². The summed E-state index contributed by atoms with van der Waals surface area (Å²) in [5, 5.41) is 1.42. The Balaban J connectivity index is 1.84. The van der Waals surface area contributed by atoms with Crippen LogP contribution in [0.1, 0.15) is 18.9 Å². The highest BCUT2D eigenvalue weighted by Gasteiger charge is 2.50. The van der Waals surface area contributed by atoms with Crippen molar-refractivity contribution >= 4 is 21.8 Å². The molecule has 1 aliphatic rings. The maximum absolute atomic E-state index is 11.7. The van der Waals surface area contributed by atoms with Crippen LogP contribution in [-0.4, -0.2) is 21.8 Å². The van der Waals surface area contributed by atoms with Crippen molar-refractivity contribution in [3.8, 4) is 0 Å². The molecule has 2 rings (SSSR count). The first-order chi connectivity index (χ1) is 7.65. The number of hydroxylamine groups is 2. The van der Waals surface area contributed by atoms with E-state index < -0.39 is 0 Å². The van der Waals surface area contributed by atoms with Gasteiger partial charge in [0.1, 0.15) is 10.9 Å². The number of nitrogens with zero attached hydrogens (tertiary/aromatic N) is 1. The topological polar surface area (TPSA) is 29.5 Å². The minimum Gasteiger partial charge on any atom is -0.271 e. The van der Waals surface area contributed by atoms with Gasteiger partial charge in [-0.25, -0.2) is 5.06 Å². The second kappa shape index (κ2) is 4.55. The first-order valence-electron chi connectivity index (χ1n) is 5.33. The van der Waals surface area contributed by atoms with Crippen molar-refractivity contribution < 1.29 is 9.63 Å². The van der Waals surface area contributed by atoms with Gasteiger partial charge in [-0.1, -0.05) is 53.2 Å². The standard InChI is InChI=1S/C12H14BrNO2/c1-2-12(13)9-14(11(12)15)16-8-10-6-4-3-5-7-10/h3-7H,2,8-9H2,1H3. The van der Waals surface area contributed by atoms with Gasteiger partial charge in [-0.05, 0) is 12.0 Å². The number of hydrogen-bond donors (Lipinski definition) is 0. The molecule has 1 aromatic rings. The molecule has 4 heteroatoms. The van der Waals surface area contributed by atoms with Crippen LogP contribution in [0.25, 0.3) is 0 Å². The lowest BCUT2D eigenvalue weighted by Crippen LogP contribution is -2.62. The quantitative estimate of drug-likeness (QED) is 0.628. The molecule has 1 atom stereocenters. The highest BCUT2D eigenvalue weighted by Crippen LogP contribution is 2.35. The first kappa shape index (κ1) is 11.6. The molecule has 1 unspecified atom stereocenters. The number of hydrogen-bond acceptors (Lipinski definition) is 2. The van der Waals surface area contributed by atoms with Crippen molar-refractivity contribution in [1.29, 1.82) is 0 Å². The number of carbonyl (C=O) groups is 1. The molecule has 0 bridgehead atoms. The molecule has 0 N–H and O–H groups in total. The van der Waals surface area contributed by atoms with Crippen molar-refractivity contribution in [3.05, 3.63) is 35.9 Å². The Hall–Kier alpha value is -0.870. The average Bonchev–Trinajstić information content (AvgIpc) is 2.34. The average molecular weight is 284 g/mol. The van der Waals surface area contributed by atoms with Crippen molar-refractivity contribution in [2.45, 2.75) is 24.3 Å². The van der Waals surface area contributed by atoms with Gasteiger partial charge in [0.05, 0.1) is 6.54 Å². The van der Waals surface area contributed by atoms with Gasteiger partial charge < -0.3 is 0 Å². The SMILES string of the molecule is CCC1(Br)CN(OCc2ccccc2)C1=O. The number of rotatable bonds is 4. The van der Waals surface area contributed by atoms with Gasteiger partial charge in [0, 0.05) is 0 Å². The summed E-state index contributed by atoms with van der Waals surface area (Å²) in [5.74, 6) is 0.0194. The Morgan fingerprint density at radius 2 is 2.12 bits per heavy atom. The number of β-lactam (4-membered cyclic amide) rings is 1. The third-order valence-corrected chi connectivity index (χ3v) is 3.95. The largest absolute Gasteiger partial charge is 0.271 e. The molecule has 1 saturated heterocycles. The van der Waals surface area contributed by atoms with Crippen LogP contribution >= 0.6 is 15.9 Å². The Labute approximate surface area is 103 Å². The molecular weight excluding hydrogens is 270 g/mol. The van der Waals surface area contributed by atoms with E-state index in [4.69, 9.17) is 4.84 Å². The summed E-state index contributed by atoms with van der Waals surface area (Å²) in [6, 6.07) is 9.82. The zero-order valence-corrected chi connectivity index (χ0v) is 10.7. The summed E-state index contributed by atoms with van der Waals surface area (Å²) in [6.07, 6.45) is 0.789. The fourth-order valence-electron chi connectivity index (χ4n) is 1.59. The number of alkyl halides is 1. The summed E-state index contributed by atoms with van der Waals surface area (Å²) in [6.45, 7) is 3.05. The molecule has 1 aromatic carbocycles. The van der Waals surface area contributed by atoms with E-state index in [-0.39, 0.29) is 10.2 Å². The molecule has 0 radical (unpaired) electrons. The van der Waals surface area contributed by atoms with E-state index in [1.807, 2.05) is 37.3 Å². The van der Waals surface area contributed by atoms with Crippen LogP contribution < -0.4 is 0 Å². The molecule has 1 fully saturated rings. The van der Waals surface area contributed by atoms with Crippen molar-refractivity contribution in [2.24, 2.45) is 0 Å². The van der Waals surface area contributed by atoms with E-state index in [1.54, 1.807) is 0 Å². The van der Waals surface area contributed by atoms with Gasteiger partial charge in [0.2, 0.25) is 0 Å². The second-order valence-electron chi connectivity index (χ2n) is 3.92. The molecule has 0 aromatic heterocycles. The number of carbonyl (C=O) groups excluding carboxylic acids is 1. The predicted molar refractivity (Wildman–Crippen MR) is 64.9 cm³/mol. The third-order valence-electron chi connectivity index (χ3n) is 2.79. The lowest BCUT2D eigenvalue weighted by molar-refractivity contribution is -0.220. The molecule has 86 valence electrons. The smallest absolute Gasteiger partial charge is 0.264 e. The van der Waals surface area contributed by atoms with Gasteiger partial charge in [0.25, 0.3) is 5.91 Å². The van der Waals surface area contributed by atoms with Crippen LogP contribution in [0.4, 0.5) is 0 Å². The highest BCUT2D eigenvalue weighted by molar-refractivity contribution is 9.10. The molecule has 0 saturated carbocycles. The monoisotopic (exact) mass is 283 g/mol. The minimum absolute atomic E-state index is 0.0194. The van der Waals surface area contributed by atoms with E-state index in [0.717, 1.165) is 12.0 Å². The molecule has 0 spiro atoms. The fourth-order valence-corrected chi connectivity index (χ4v) is 2.02. The van der Waals surface area contributed by atoms with Crippen LogP contribution in [0.5, 0.6) is 0 Å². The van der Waals surface area contributed by atoms with Gasteiger partial charge in [-0.15, -0.1) is 0 Å². The molecule has 0 aliphatic carbocycles. The fraction of sp³-hybridized carbons (Fsp3) is 0.417. The zero-order chi connectivity index (χ0) is 11.6. The Morgan fingerprint density at radius 1 is 1.44 bits per heavy atom. The highest BCUT2D eigenvalue weighted by atomic mass is 79.9. The number of halogens is 1. The summed E-state index contributed by atoms with van der Waals surface area (Å²) in [5.41, 5.74) is 1.07. The molecule has 1 amide bonds. The summed E-state index contributed by atoms with van der Waals surface area (Å²) >= 11 is 3.43. The van der Waals surface area contributed by atoms with E-state index in [0.29, 0.717) is 13.2 Å². The minimum atomic E-state index is -0.385. The zero-order valence-electron chi connectivity index (χ0n) is 9.15. The van der Waals surface area contributed by atoms with Crippen molar-refractivity contribution in [2.75, 3.05) is 6.54 Å². The predicted octanol–water partition coefficient (Wildman–Crippen LogP) is 2.50. The molecule has 1 aliphatic heterocycles. The lowest BCUT2D eigenvalue weighted by Gasteiger charge is -2.43. The number of benzene rings is 1. The van der Waals surface area contributed by atoms with Crippen molar-refractivity contribution in [1.82, 2.24) is 5.06 Å². The van der Waals surface area contributed by atoms with Gasteiger partial charge in [-0.2, -0.15) is 0 Å². The third kappa shape index (κ3) is 2.13. The van der Waals surface area contributed by atoms with E-state index >= 15 is 0 Å². The summed E-state index contributed by atoms with van der Waals surface area (Å²) in [7, 11) is 0. The van der Waals surface area contributed by atoms with E-state index in [1.165, 1.54) is 5.06 Å². The van der Waals surface area contributed by atoms with Crippen molar-refractivity contribution in [3.63, 3.8) is 0 Å². The van der Waals surface area contributed by atoms with Crippen LogP contribution in [-0.2, 0) is 16.2 Å². The van der Waals surface area contributed by atoms with E-state index in [2.05, 4.69) is 15.9 Å². The van der Waals surface area contributed by atoms with Crippen LogP contribution in [0.2, 0.25) is 0 Å². The molecule has 16 heavy (non-hydrogen) atoms. The lowest BCUT2D eigenvalue weighted by atomic mass is 9.98. The summed E-state index contributed by atoms with van der Waals surface area (Å²) in [4.78, 5) is 17.1. The maximum atomic E-state index is 11.7. The van der Waals surface area contributed by atoms with Crippen LogP contribution in [0.15, 0.2) is 30.3 Å². The maximum Gasteiger partial charge on any atom is 0.264 e. The summed E-state index contributed by atoms with van der Waals surface area (Å²) < 4.78 is -0.385. The normalized spacial score (nSPS) is 24.4. The first-order valence-corrected chi connectivity index (χ1v) is 6.13. The number of amides is 1. The molecule has 3 nitrogen and oxygen atoms in total. The van der Waals surface area contributed by atoms with E-state index in [9.17, 15) is 4.79 Å². The van der Waals surface area contributed by atoms with Crippen LogP contribution in [0, 0.1) is 0 Å². The molecular formula is C12H14BrNO2.